The molecule has 1 saturated carbocycles. The number of aryl methyl sites for hydroxylation is 1. The molecule has 6 nitrogen and oxygen atoms in total. The summed E-state index contributed by atoms with van der Waals surface area (Å²) in [5.41, 5.74) is 0.283. The third kappa shape index (κ3) is 2.49. The van der Waals surface area contributed by atoms with Crippen LogP contribution in [0.1, 0.15) is 32.6 Å². The molecule has 6 heteroatoms. The first kappa shape index (κ1) is 15.6. The van der Waals surface area contributed by atoms with Gasteiger partial charge in [0.05, 0.1) is 5.60 Å². The minimum atomic E-state index is -0.502. The first-order valence-corrected chi connectivity index (χ1v) is 8.89. The minimum absolute atomic E-state index is 0.354. The molecule has 0 unspecified atom stereocenters. The van der Waals surface area contributed by atoms with Crippen LogP contribution in [0.2, 0.25) is 0 Å². The molecule has 0 amide bonds. The van der Waals surface area contributed by atoms with Crippen LogP contribution in [0.5, 0.6) is 0 Å². The van der Waals surface area contributed by atoms with Gasteiger partial charge in [0.1, 0.15) is 5.69 Å². The predicted octanol–water partition coefficient (Wildman–Crippen LogP) is 2.25. The standard InChI is InChI=1S/C18H25N5O/c1-3-18(24)8-4-5-13-11-23(12-14(13)18)16-7-6-15(20-21-16)17-19-9-10-22(17)2/h6-7,9-10,13-14,24H,3-5,8,11-12H2,1-2H3/t13-,14+,18-/m0/s1. The fourth-order valence-electron chi connectivity index (χ4n) is 4.48. The van der Waals surface area contributed by atoms with Crippen LogP contribution >= 0.6 is 0 Å². The van der Waals surface area contributed by atoms with E-state index in [0.717, 1.165) is 49.7 Å². The molecule has 3 heterocycles. The van der Waals surface area contributed by atoms with Crippen molar-refractivity contribution in [2.45, 2.75) is 38.2 Å². The van der Waals surface area contributed by atoms with Gasteiger partial charge in [-0.1, -0.05) is 13.3 Å². The Hall–Kier alpha value is -1.95. The summed E-state index contributed by atoms with van der Waals surface area (Å²) in [4.78, 5) is 6.60. The lowest BCUT2D eigenvalue weighted by molar-refractivity contribution is -0.0597. The Labute approximate surface area is 142 Å². The normalized spacial score (nSPS) is 29.7. The molecule has 1 N–H and O–H groups in total. The number of hydrogen-bond donors (Lipinski definition) is 1. The SMILES string of the molecule is CC[C@]1(O)CCC[C@H]2CN(c3ccc(-c4nccn4C)nn3)C[C@H]21. The molecule has 1 aliphatic heterocycles. The van der Waals surface area contributed by atoms with Crippen LogP contribution in [0.4, 0.5) is 5.82 Å². The van der Waals surface area contributed by atoms with Crippen LogP contribution in [0.15, 0.2) is 24.5 Å². The summed E-state index contributed by atoms with van der Waals surface area (Å²) in [6, 6.07) is 4.01. The van der Waals surface area contributed by atoms with Gasteiger partial charge in [-0.2, -0.15) is 0 Å². The fourth-order valence-corrected chi connectivity index (χ4v) is 4.48. The molecule has 0 aromatic carbocycles. The van der Waals surface area contributed by atoms with Crippen LogP contribution in [0.3, 0.4) is 0 Å². The number of fused-ring (bicyclic) bond motifs is 1. The zero-order valence-corrected chi connectivity index (χ0v) is 14.4. The highest BCUT2D eigenvalue weighted by atomic mass is 16.3. The van der Waals surface area contributed by atoms with Gasteiger partial charge in [-0.05, 0) is 37.3 Å². The number of hydrogen-bond acceptors (Lipinski definition) is 5. The zero-order chi connectivity index (χ0) is 16.7. The number of nitrogens with zero attached hydrogens (tertiary/aromatic N) is 5. The molecule has 2 fully saturated rings. The van der Waals surface area contributed by atoms with E-state index in [0.29, 0.717) is 11.8 Å². The Morgan fingerprint density at radius 3 is 2.83 bits per heavy atom. The summed E-state index contributed by atoms with van der Waals surface area (Å²) in [6.07, 6.45) is 7.78. The quantitative estimate of drug-likeness (QED) is 0.936. The van der Waals surface area contributed by atoms with Gasteiger partial charge in [-0.3, -0.25) is 0 Å². The molecule has 4 rings (SSSR count). The Bertz CT molecular complexity index is 712. The van der Waals surface area contributed by atoms with Gasteiger partial charge in [-0.25, -0.2) is 4.98 Å². The highest BCUT2D eigenvalue weighted by Gasteiger charge is 2.48. The van der Waals surface area contributed by atoms with Gasteiger partial charge in [-0.15, -0.1) is 10.2 Å². The highest BCUT2D eigenvalue weighted by Crippen LogP contribution is 2.45. The molecule has 0 radical (unpaired) electrons. The molecule has 1 aliphatic carbocycles. The smallest absolute Gasteiger partial charge is 0.160 e. The molecule has 0 spiro atoms. The van der Waals surface area contributed by atoms with E-state index in [1.54, 1.807) is 6.20 Å². The van der Waals surface area contributed by atoms with Crippen molar-refractivity contribution in [2.24, 2.45) is 18.9 Å². The summed E-state index contributed by atoms with van der Waals surface area (Å²) in [7, 11) is 1.95. The van der Waals surface area contributed by atoms with E-state index in [9.17, 15) is 5.11 Å². The summed E-state index contributed by atoms with van der Waals surface area (Å²) in [5.74, 6) is 2.65. The van der Waals surface area contributed by atoms with Crippen LogP contribution in [0, 0.1) is 11.8 Å². The van der Waals surface area contributed by atoms with Crippen LogP contribution in [-0.4, -0.2) is 43.5 Å². The van der Waals surface area contributed by atoms with Gasteiger partial charge in [0, 0.05) is 38.4 Å². The van der Waals surface area contributed by atoms with E-state index in [4.69, 9.17) is 0 Å². The lowest BCUT2D eigenvalue weighted by atomic mass is 9.69. The maximum atomic E-state index is 10.9. The third-order valence-electron chi connectivity index (χ3n) is 5.95. The molecule has 128 valence electrons. The molecule has 2 aliphatic rings. The number of imidazole rings is 1. The van der Waals surface area contributed by atoms with Gasteiger partial charge in [0.25, 0.3) is 0 Å². The molecule has 2 aromatic heterocycles. The Kier molecular flexibility index (Phi) is 3.79. The van der Waals surface area contributed by atoms with Crippen molar-refractivity contribution in [3.63, 3.8) is 0 Å². The van der Waals surface area contributed by atoms with Crippen LogP contribution in [0.25, 0.3) is 11.5 Å². The zero-order valence-electron chi connectivity index (χ0n) is 14.4. The summed E-state index contributed by atoms with van der Waals surface area (Å²) in [6.45, 7) is 3.96. The van der Waals surface area contributed by atoms with E-state index in [2.05, 4.69) is 27.0 Å². The van der Waals surface area contributed by atoms with Crippen molar-refractivity contribution >= 4 is 5.82 Å². The van der Waals surface area contributed by atoms with Crippen molar-refractivity contribution in [3.8, 4) is 11.5 Å². The first-order valence-electron chi connectivity index (χ1n) is 8.89. The largest absolute Gasteiger partial charge is 0.390 e. The molecular weight excluding hydrogens is 302 g/mol. The Morgan fingerprint density at radius 1 is 1.29 bits per heavy atom. The monoisotopic (exact) mass is 327 g/mol. The number of anilines is 1. The number of aromatic nitrogens is 4. The highest BCUT2D eigenvalue weighted by molar-refractivity contribution is 5.52. The van der Waals surface area contributed by atoms with E-state index >= 15 is 0 Å². The summed E-state index contributed by atoms with van der Waals surface area (Å²) in [5, 5.41) is 19.7. The second-order valence-electron chi connectivity index (χ2n) is 7.26. The number of rotatable bonds is 3. The minimum Gasteiger partial charge on any atom is -0.390 e. The van der Waals surface area contributed by atoms with Gasteiger partial charge in [0.15, 0.2) is 11.6 Å². The van der Waals surface area contributed by atoms with Crippen molar-refractivity contribution in [1.29, 1.82) is 0 Å². The molecule has 1 saturated heterocycles. The maximum absolute atomic E-state index is 10.9. The average molecular weight is 327 g/mol. The van der Waals surface area contributed by atoms with E-state index in [1.807, 2.05) is 29.9 Å². The topological polar surface area (TPSA) is 67.1 Å². The number of aliphatic hydroxyl groups is 1. The van der Waals surface area contributed by atoms with Crippen molar-refractivity contribution in [2.75, 3.05) is 18.0 Å². The Morgan fingerprint density at radius 2 is 2.17 bits per heavy atom. The lowest BCUT2D eigenvalue weighted by Gasteiger charge is -2.40. The average Bonchev–Trinajstić information content (AvgIpc) is 3.22. The van der Waals surface area contributed by atoms with Crippen LogP contribution in [-0.2, 0) is 7.05 Å². The molecule has 0 bridgehead atoms. The predicted molar refractivity (Wildman–Crippen MR) is 92.5 cm³/mol. The summed E-state index contributed by atoms with van der Waals surface area (Å²) < 4.78 is 1.94. The summed E-state index contributed by atoms with van der Waals surface area (Å²) >= 11 is 0. The van der Waals surface area contributed by atoms with Crippen molar-refractivity contribution < 1.29 is 5.11 Å². The van der Waals surface area contributed by atoms with E-state index in [1.165, 1.54) is 6.42 Å². The second-order valence-corrected chi connectivity index (χ2v) is 7.26. The first-order chi connectivity index (χ1) is 11.6. The van der Waals surface area contributed by atoms with Crippen molar-refractivity contribution in [1.82, 2.24) is 19.7 Å². The molecule has 3 atom stereocenters. The van der Waals surface area contributed by atoms with Gasteiger partial charge in [0.2, 0.25) is 0 Å². The van der Waals surface area contributed by atoms with Gasteiger partial charge < -0.3 is 14.6 Å². The van der Waals surface area contributed by atoms with Crippen LogP contribution < -0.4 is 4.90 Å². The lowest BCUT2D eigenvalue weighted by Crippen LogP contribution is -2.44. The fraction of sp³-hybridized carbons (Fsp3) is 0.611. The molecule has 24 heavy (non-hydrogen) atoms. The van der Waals surface area contributed by atoms with Crippen molar-refractivity contribution in [3.05, 3.63) is 24.5 Å². The Balaban J connectivity index is 1.54. The van der Waals surface area contributed by atoms with Gasteiger partial charge >= 0.3 is 0 Å². The van der Waals surface area contributed by atoms with E-state index in [-0.39, 0.29) is 0 Å². The molecular formula is C18H25N5O. The molecule has 2 aromatic rings. The van der Waals surface area contributed by atoms with E-state index < -0.39 is 5.60 Å². The third-order valence-corrected chi connectivity index (χ3v) is 5.95. The maximum Gasteiger partial charge on any atom is 0.160 e. The second kappa shape index (κ2) is 5.84.